The first-order chi connectivity index (χ1) is 10.1. The highest BCUT2D eigenvalue weighted by atomic mass is 16.5. The Hall–Kier alpha value is -2.05. The molecular weight excluding hydrogens is 276 g/mol. The van der Waals surface area contributed by atoms with Crippen LogP contribution in [0.15, 0.2) is 10.6 Å². The molecule has 1 aromatic rings. The van der Waals surface area contributed by atoms with Crippen LogP contribution in [0.3, 0.4) is 0 Å². The smallest absolute Gasteiger partial charge is 0.310 e. The molecule has 1 amide bonds. The quantitative estimate of drug-likeness (QED) is 0.758. The Balaban J connectivity index is 1.82. The van der Waals surface area contributed by atoms with Crippen LogP contribution in [0.5, 0.6) is 5.88 Å². The maximum Gasteiger partial charge on any atom is 0.310 e. The lowest BCUT2D eigenvalue weighted by Gasteiger charge is -2.31. The van der Waals surface area contributed by atoms with E-state index in [1.165, 1.54) is 0 Å². The van der Waals surface area contributed by atoms with E-state index < -0.39 is 0 Å². The second-order valence-corrected chi connectivity index (χ2v) is 5.00. The summed E-state index contributed by atoms with van der Waals surface area (Å²) in [6.07, 6.45) is 1.55. The predicted molar refractivity (Wildman–Crippen MR) is 72.7 cm³/mol. The minimum Gasteiger partial charge on any atom is -0.466 e. The third kappa shape index (κ3) is 4.21. The average molecular weight is 296 g/mol. The Kier molecular flexibility index (Phi) is 5.19. The molecule has 7 heteroatoms. The van der Waals surface area contributed by atoms with Gasteiger partial charge in [-0.05, 0) is 31.8 Å². The van der Waals surface area contributed by atoms with Crippen LogP contribution >= 0.6 is 0 Å². The Morgan fingerprint density at radius 3 is 3.00 bits per heavy atom. The van der Waals surface area contributed by atoms with Crippen molar-refractivity contribution in [2.45, 2.75) is 26.7 Å². The number of nitrogens with zero attached hydrogens (tertiary/aromatic N) is 2. The standard InChI is InChI=1S/C14H20N2O5/c1-3-19-14(18)11-5-4-6-16(8-11)13(17)9-20-12-7-10(2)21-15-12/h7,11H,3-6,8-9H2,1-2H3/t11-/m0/s1. The van der Waals surface area contributed by atoms with E-state index in [-0.39, 0.29) is 24.4 Å². The van der Waals surface area contributed by atoms with Crippen LogP contribution in [0.2, 0.25) is 0 Å². The van der Waals surface area contributed by atoms with Crippen LogP contribution in [-0.4, -0.2) is 48.2 Å². The number of amides is 1. The number of carbonyl (C=O) groups excluding carboxylic acids is 2. The number of carbonyl (C=O) groups is 2. The number of hydrogen-bond acceptors (Lipinski definition) is 6. The number of esters is 1. The first kappa shape index (κ1) is 15.3. The summed E-state index contributed by atoms with van der Waals surface area (Å²) in [7, 11) is 0. The van der Waals surface area contributed by atoms with Crippen LogP contribution in [0.25, 0.3) is 0 Å². The fourth-order valence-corrected chi connectivity index (χ4v) is 2.29. The van der Waals surface area contributed by atoms with Gasteiger partial charge in [-0.1, -0.05) is 0 Å². The van der Waals surface area contributed by atoms with Crippen molar-refractivity contribution in [2.24, 2.45) is 5.92 Å². The zero-order valence-electron chi connectivity index (χ0n) is 12.3. The maximum atomic E-state index is 12.1. The molecule has 7 nitrogen and oxygen atoms in total. The Morgan fingerprint density at radius 1 is 1.52 bits per heavy atom. The number of ether oxygens (including phenoxy) is 2. The van der Waals surface area contributed by atoms with Gasteiger partial charge in [0.05, 0.1) is 12.5 Å². The van der Waals surface area contributed by atoms with Gasteiger partial charge in [0.2, 0.25) is 0 Å². The molecule has 0 aliphatic carbocycles. The van der Waals surface area contributed by atoms with Gasteiger partial charge in [-0.25, -0.2) is 0 Å². The van der Waals surface area contributed by atoms with Gasteiger partial charge < -0.3 is 18.9 Å². The normalized spacial score (nSPS) is 18.4. The van der Waals surface area contributed by atoms with Crippen molar-refractivity contribution < 1.29 is 23.6 Å². The molecular formula is C14H20N2O5. The highest BCUT2D eigenvalue weighted by Gasteiger charge is 2.29. The maximum absolute atomic E-state index is 12.1. The molecule has 2 rings (SSSR count). The van der Waals surface area contributed by atoms with E-state index in [2.05, 4.69) is 5.16 Å². The van der Waals surface area contributed by atoms with E-state index in [4.69, 9.17) is 14.0 Å². The van der Waals surface area contributed by atoms with E-state index in [1.54, 1.807) is 24.8 Å². The lowest BCUT2D eigenvalue weighted by Crippen LogP contribution is -2.44. The number of rotatable bonds is 5. The topological polar surface area (TPSA) is 81.9 Å². The molecule has 0 spiro atoms. The average Bonchev–Trinajstić information content (AvgIpc) is 2.91. The second kappa shape index (κ2) is 7.10. The molecule has 0 bridgehead atoms. The number of aromatic nitrogens is 1. The zero-order chi connectivity index (χ0) is 15.2. The lowest BCUT2D eigenvalue weighted by molar-refractivity contribution is -0.151. The second-order valence-electron chi connectivity index (χ2n) is 5.00. The number of aryl methyl sites for hydroxylation is 1. The van der Waals surface area contributed by atoms with Gasteiger partial charge in [0, 0.05) is 19.2 Å². The summed E-state index contributed by atoms with van der Waals surface area (Å²) in [6.45, 7) is 4.79. The molecule has 1 atom stereocenters. The van der Waals surface area contributed by atoms with E-state index in [0.29, 0.717) is 31.3 Å². The molecule has 1 saturated heterocycles. The third-order valence-electron chi connectivity index (χ3n) is 3.34. The summed E-state index contributed by atoms with van der Waals surface area (Å²) >= 11 is 0. The van der Waals surface area contributed by atoms with Crippen LogP contribution in [-0.2, 0) is 14.3 Å². The molecule has 21 heavy (non-hydrogen) atoms. The number of hydrogen-bond donors (Lipinski definition) is 0. The summed E-state index contributed by atoms with van der Waals surface area (Å²) in [6, 6.07) is 1.62. The van der Waals surface area contributed by atoms with Crippen molar-refractivity contribution in [1.82, 2.24) is 10.1 Å². The Labute approximate surface area is 123 Å². The molecule has 0 unspecified atom stereocenters. The molecule has 0 radical (unpaired) electrons. The van der Waals surface area contributed by atoms with Gasteiger partial charge in [-0.3, -0.25) is 9.59 Å². The molecule has 116 valence electrons. The fraction of sp³-hybridized carbons (Fsp3) is 0.643. The molecule has 1 aliphatic heterocycles. The van der Waals surface area contributed by atoms with Crippen molar-refractivity contribution in [1.29, 1.82) is 0 Å². The fourth-order valence-electron chi connectivity index (χ4n) is 2.29. The minimum atomic E-state index is -0.239. The van der Waals surface area contributed by atoms with Crippen LogP contribution < -0.4 is 4.74 Å². The first-order valence-corrected chi connectivity index (χ1v) is 7.10. The first-order valence-electron chi connectivity index (χ1n) is 7.10. The van der Waals surface area contributed by atoms with Crippen LogP contribution in [0, 0.1) is 12.8 Å². The summed E-state index contributed by atoms with van der Waals surface area (Å²) in [5, 5.41) is 3.66. The highest BCUT2D eigenvalue weighted by molar-refractivity contribution is 5.79. The van der Waals surface area contributed by atoms with Crippen molar-refractivity contribution in [3.63, 3.8) is 0 Å². The monoisotopic (exact) mass is 296 g/mol. The largest absolute Gasteiger partial charge is 0.466 e. The number of likely N-dealkylation sites (tertiary alicyclic amines) is 1. The minimum absolute atomic E-state index is 0.110. The number of piperidine rings is 1. The molecule has 1 aromatic heterocycles. The molecule has 1 fully saturated rings. The van der Waals surface area contributed by atoms with E-state index in [1.807, 2.05) is 0 Å². The molecule has 0 aromatic carbocycles. The van der Waals surface area contributed by atoms with Crippen molar-refractivity contribution >= 4 is 11.9 Å². The van der Waals surface area contributed by atoms with Gasteiger partial charge in [0.1, 0.15) is 5.76 Å². The van der Waals surface area contributed by atoms with Gasteiger partial charge in [-0.2, -0.15) is 0 Å². The van der Waals surface area contributed by atoms with Crippen LogP contribution in [0.4, 0.5) is 0 Å². The van der Waals surface area contributed by atoms with Gasteiger partial charge in [0.15, 0.2) is 6.61 Å². The predicted octanol–water partition coefficient (Wildman–Crippen LogP) is 1.16. The van der Waals surface area contributed by atoms with Gasteiger partial charge in [-0.15, -0.1) is 0 Å². The molecule has 0 N–H and O–H groups in total. The van der Waals surface area contributed by atoms with E-state index in [0.717, 1.165) is 12.8 Å². The summed E-state index contributed by atoms with van der Waals surface area (Å²) in [5.74, 6) is 0.280. The van der Waals surface area contributed by atoms with Gasteiger partial charge >= 0.3 is 5.97 Å². The van der Waals surface area contributed by atoms with Gasteiger partial charge in [0.25, 0.3) is 11.8 Å². The SMILES string of the molecule is CCOC(=O)[C@H]1CCCN(C(=O)COc2cc(C)on2)C1. The van der Waals surface area contributed by atoms with Crippen molar-refractivity contribution in [3.05, 3.63) is 11.8 Å². The molecule has 1 aliphatic rings. The Morgan fingerprint density at radius 2 is 2.33 bits per heavy atom. The summed E-state index contributed by atoms with van der Waals surface area (Å²) in [4.78, 5) is 25.5. The zero-order valence-corrected chi connectivity index (χ0v) is 12.3. The summed E-state index contributed by atoms with van der Waals surface area (Å²) in [5.41, 5.74) is 0. The van der Waals surface area contributed by atoms with Crippen molar-refractivity contribution in [3.8, 4) is 5.88 Å². The highest BCUT2D eigenvalue weighted by Crippen LogP contribution is 2.18. The van der Waals surface area contributed by atoms with Crippen LogP contribution in [0.1, 0.15) is 25.5 Å². The Bertz CT molecular complexity index is 499. The van der Waals surface area contributed by atoms with E-state index in [9.17, 15) is 9.59 Å². The molecule has 2 heterocycles. The van der Waals surface area contributed by atoms with Crippen molar-refractivity contribution in [2.75, 3.05) is 26.3 Å². The lowest BCUT2D eigenvalue weighted by atomic mass is 9.98. The van der Waals surface area contributed by atoms with E-state index >= 15 is 0 Å². The third-order valence-corrected chi connectivity index (χ3v) is 3.34. The summed E-state index contributed by atoms with van der Waals surface area (Å²) < 4.78 is 15.1. The molecule has 0 saturated carbocycles.